The fourth-order valence-corrected chi connectivity index (χ4v) is 1.99. The van der Waals surface area contributed by atoms with E-state index >= 15 is 0 Å². The maximum Gasteiger partial charge on any atom is 0.277 e. The first-order valence-electron chi connectivity index (χ1n) is 6.01. The summed E-state index contributed by atoms with van der Waals surface area (Å²) >= 11 is 1.78. The Balaban J connectivity index is 0.00000361. The molecule has 0 saturated carbocycles. The summed E-state index contributed by atoms with van der Waals surface area (Å²) in [6.45, 7) is 0.556. The first kappa shape index (κ1) is 19.1. The van der Waals surface area contributed by atoms with E-state index in [-0.39, 0.29) is 12.4 Å². The highest BCUT2D eigenvalue weighted by molar-refractivity contribution is 7.98. The lowest BCUT2D eigenvalue weighted by molar-refractivity contribution is 0.0118. The van der Waals surface area contributed by atoms with Crippen molar-refractivity contribution in [2.24, 2.45) is 5.73 Å². The Morgan fingerprint density at radius 1 is 1.35 bits per heavy atom. The SMILES string of the molecule is CCSCc1ccc(C(=O)NCC(F)(F)CN)cc1.Cl. The molecule has 3 nitrogen and oxygen atoms in total. The molecule has 0 aliphatic rings. The Hall–Kier alpha value is -0.850. The van der Waals surface area contributed by atoms with Crippen LogP contribution in [0.5, 0.6) is 0 Å². The second-order valence-corrected chi connectivity index (χ2v) is 5.35. The average Bonchev–Trinajstić information content (AvgIpc) is 2.43. The standard InChI is InChI=1S/C13H18F2N2OS.ClH/c1-2-19-7-10-3-5-11(6-4-10)12(18)17-9-13(14,15)8-16;/h3-6H,2,7-9,16H2,1H3,(H,17,18);1H. The first-order valence-corrected chi connectivity index (χ1v) is 7.17. The Morgan fingerprint density at radius 2 is 1.95 bits per heavy atom. The van der Waals surface area contributed by atoms with E-state index in [1.54, 1.807) is 23.9 Å². The lowest BCUT2D eigenvalue weighted by atomic mass is 10.1. The normalized spacial score (nSPS) is 10.8. The highest BCUT2D eigenvalue weighted by atomic mass is 35.5. The van der Waals surface area contributed by atoms with Crippen LogP contribution in [0.3, 0.4) is 0 Å². The number of nitrogens with one attached hydrogen (secondary N) is 1. The topological polar surface area (TPSA) is 55.1 Å². The van der Waals surface area contributed by atoms with Crippen molar-refractivity contribution in [3.63, 3.8) is 0 Å². The number of hydrogen-bond acceptors (Lipinski definition) is 3. The first-order chi connectivity index (χ1) is 8.98. The van der Waals surface area contributed by atoms with Gasteiger partial charge in [0.1, 0.15) is 0 Å². The Morgan fingerprint density at radius 3 is 2.45 bits per heavy atom. The molecule has 0 unspecified atom stereocenters. The van der Waals surface area contributed by atoms with Crippen LogP contribution in [0.25, 0.3) is 0 Å². The van der Waals surface area contributed by atoms with E-state index in [0.29, 0.717) is 5.56 Å². The van der Waals surface area contributed by atoms with E-state index in [1.165, 1.54) is 0 Å². The van der Waals surface area contributed by atoms with Gasteiger partial charge in [-0.05, 0) is 23.4 Å². The van der Waals surface area contributed by atoms with Crippen LogP contribution < -0.4 is 11.1 Å². The van der Waals surface area contributed by atoms with Crippen molar-refractivity contribution in [2.45, 2.75) is 18.6 Å². The number of benzene rings is 1. The van der Waals surface area contributed by atoms with Gasteiger partial charge in [-0.1, -0.05) is 19.1 Å². The van der Waals surface area contributed by atoms with Gasteiger partial charge in [-0.3, -0.25) is 4.79 Å². The zero-order valence-corrected chi connectivity index (χ0v) is 12.8. The Labute approximate surface area is 128 Å². The van der Waals surface area contributed by atoms with Gasteiger partial charge >= 0.3 is 0 Å². The maximum absolute atomic E-state index is 12.9. The average molecular weight is 325 g/mol. The van der Waals surface area contributed by atoms with Gasteiger partial charge in [0.05, 0.1) is 13.1 Å². The second-order valence-electron chi connectivity index (χ2n) is 4.08. The quantitative estimate of drug-likeness (QED) is 0.811. The minimum Gasteiger partial charge on any atom is -0.346 e. The molecule has 1 rings (SSSR count). The van der Waals surface area contributed by atoms with Crippen molar-refractivity contribution in [1.29, 1.82) is 0 Å². The number of halogens is 3. The Kier molecular flexibility index (Phi) is 8.76. The summed E-state index contributed by atoms with van der Waals surface area (Å²) in [6, 6.07) is 6.94. The number of hydrogen-bond donors (Lipinski definition) is 2. The molecule has 0 radical (unpaired) electrons. The molecule has 3 N–H and O–H groups in total. The molecule has 20 heavy (non-hydrogen) atoms. The highest BCUT2D eigenvalue weighted by Gasteiger charge is 2.27. The van der Waals surface area contributed by atoms with E-state index in [1.807, 2.05) is 12.1 Å². The van der Waals surface area contributed by atoms with Gasteiger partial charge in [0, 0.05) is 11.3 Å². The summed E-state index contributed by atoms with van der Waals surface area (Å²) in [4.78, 5) is 11.6. The third-order valence-corrected chi connectivity index (χ3v) is 3.44. The molecule has 1 aromatic carbocycles. The van der Waals surface area contributed by atoms with Crippen LogP contribution >= 0.6 is 24.2 Å². The summed E-state index contributed by atoms with van der Waals surface area (Å²) in [7, 11) is 0. The van der Waals surface area contributed by atoms with E-state index in [4.69, 9.17) is 5.73 Å². The number of carbonyl (C=O) groups is 1. The van der Waals surface area contributed by atoms with Crippen molar-refractivity contribution < 1.29 is 13.6 Å². The Bertz CT molecular complexity index is 415. The van der Waals surface area contributed by atoms with Crippen LogP contribution in [0.2, 0.25) is 0 Å². The van der Waals surface area contributed by atoms with Gasteiger partial charge in [0.2, 0.25) is 0 Å². The third kappa shape index (κ3) is 6.54. The van der Waals surface area contributed by atoms with Crippen LogP contribution in [0.15, 0.2) is 24.3 Å². The zero-order chi connectivity index (χ0) is 14.3. The van der Waals surface area contributed by atoms with Crippen molar-refractivity contribution in [1.82, 2.24) is 5.32 Å². The molecule has 1 aromatic rings. The fourth-order valence-electron chi connectivity index (χ4n) is 1.36. The molecule has 0 fully saturated rings. The number of alkyl halides is 2. The van der Waals surface area contributed by atoms with Gasteiger partial charge in [-0.2, -0.15) is 11.8 Å². The number of thioether (sulfide) groups is 1. The smallest absolute Gasteiger partial charge is 0.277 e. The molecule has 0 aromatic heterocycles. The zero-order valence-electron chi connectivity index (χ0n) is 11.2. The van der Waals surface area contributed by atoms with E-state index < -0.39 is 24.9 Å². The molecule has 0 bridgehead atoms. The van der Waals surface area contributed by atoms with Crippen LogP contribution in [0.4, 0.5) is 8.78 Å². The van der Waals surface area contributed by atoms with Gasteiger partial charge < -0.3 is 11.1 Å². The third-order valence-electron chi connectivity index (χ3n) is 2.50. The molecule has 7 heteroatoms. The molecular formula is C13H19ClF2N2OS. The summed E-state index contributed by atoms with van der Waals surface area (Å²) < 4.78 is 25.8. The molecule has 1 amide bonds. The summed E-state index contributed by atoms with van der Waals surface area (Å²) in [5.74, 6) is -1.67. The number of rotatable bonds is 7. The summed E-state index contributed by atoms with van der Waals surface area (Å²) in [5, 5.41) is 2.18. The van der Waals surface area contributed by atoms with Crippen molar-refractivity contribution >= 4 is 30.1 Å². The molecule has 0 atom stereocenters. The second kappa shape index (κ2) is 9.15. The molecule has 0 heterocycles. The monoisotopic (exact) mass is 324 g/mol. The van der Waals surface area contributed by atoms with Gasteiger partial charge in [0.25, 0.3) is 11.8 Å². The van der Waals surface area contributed by atoms with Gasteiger partial charge in [-0.15, -0.1) is 12.4 Å². The van der Waals surface area contributed by atoms with Crippen molar-refractivity contribution in [3.8, 4) is 0 Å². The van der Waals surface area contributed by atoms with Gasteiger partial charge in [-0.25, -0.2) is 8.78 Å². The summed E-state index contributed by atoms with van der Waals surface area (Å²) in [5.41, 5.74) is 6.37. The number of amides is 1. The van der Waals surface area contributed by atoms with E-state index in [9.17, 15) is 13.6 Å². The van der Waals surface area contributed by atoms with E-state index in [0.717, 1.165) is 17.1 Å². The molecular weight excluding hydrogens is 306 g/mol. The lowest BCUT2D eigenvalue weighted by Crippen LogP contribution is -2.41. The molecule has 0 aliphatic carbocycles. The number of nitrogens with two attached hydrogens (primary N) is 1. The van der Waals surface area contributed by atoms with Crippen LogP contribution in [-0.2, 0) is 5.75 Å². The molecule has 114 valence electrons. The van der Waals surface area contributed by atoms with Crippen LogP contribution in [0, 0.1) is 0 Å². The van der Waals surface area contributed by atoms with Crippen molar-refractivity contribution in [3.05, 3.63) is 35.4 Å². The molecule has 0 saturated heterocycles. The number of carbonyl (C=O) groups excluding carboxylic acids is 1. The summed E-state index contributed by atoms with van der Waals surface area (Å²) in [6.07, 6.45) is 0. The fraction of sp³-hybridized carbons (Fsp3) is 0.462. The minimum absolute atomic E-state index is 0. The van der Waals surface area contributed by atoms with Gasteiger partial charge in [0.15, 0.2) is 0 Å². The minimum atomic E-state index is -3.06. The van der Waals surface area contributed by atoms with Crippen LogP contribution in [0.1, 0.15) is 22.8 Å². The predicted octanol–water partition coefficient (Wildman–Crippen LogP) is 2.69. The van der Waals surface area contributed by atoms with Crippen LogP contribution in [-0.4, -0.2) is 30.7 Å². The lowest BCUT2D eigenvalue weighted by Gasteiger charge is -2.14. The molecule has 0 spiro atoms. The largest absolute Gasteiger partial charge is 0.346 e. The molecule has 0 aliphatic heterocycles. The van der Waals surface area contributed by atoms with Crippen molar-refractivity contribution in [2.75, 3.05) is 18.8 Å². The van der Waals surface area contributed by atoms with E-state index in [2.05, 4.69) is 12.2 Å². The predicted molar refractivity (Wildman–Crippen MR) is 81.9 cm³/mol. The maximum atomic E-state index is 12.9. The highest BCUT2D eigenvalue weighted by Crippen LogP contribution is 2.13.